The third kappa shape index (κ3) is 4.81. The molecule has 3 atom stereocenters. The SMILES string of the molecule is CC[C@@H]1CN(Cc2cccc(-n3ncc(C(=O)O)c3[C@@H]3CC3/C(N)=C/NC)c2)Cc2ccccc2O1. The van der Waals surface area contributed by atoms with Crippen LogP contribution in [-0.4, -0.2) is 45.5 Å². The molecule has 1 aromatic heterocycles. The van der Waals surface area contributed by atoms with Crippen LogP contribution in [0, 0.1) is 5.92 Å². The Balaban J connectivity index is 1.42. The number of carbonyl (C=O) groups is 1. The highest BCUT2D eigenvalue weighted by Crippen LogP contribution is 2.51. The van der Waals surface area contributed by atoms with Gasteiger partial charge in [-0.3, -0.25) is 4.90 Å². The van der Waals surface area contributed by atoms with Crippen molar-refractivity contribution in [2.75, 3.05) is 13.6 Å². The maximum Gasteiger partial charge on any atom is 0.339 e. The molecule has 2 aromatic carbocycles. The predicted molar refractivity (Wildman–Crippen MR) is 138 cm³/mol. The molecule has 0 spiro atoms. The van der Waals surface area contributed by atoms with E-state index in [9.17, 15) is 9.90 Å². The van der Waals surface area contributed by atoms with Crippen molar-refractivity contribution in [2.24, 2.45) is 11.7 Å². The molecule has 1 unspecified atom stereocenters. The number of hydrogen-bond acceptors (Lipinski definition) is 6. The van der Waals surface area contributed by atoms with Gasteiger partial charge in [0.25, 0.3) is 0 Å². The Morgan fingerprint density at radius 1 is 1.28 bits per heavy atom. The molecule has 1 aliphatic heterocycles. The normalized spacial score (nSPS) is 21.8. The number of ether oxygens (including phenoxy) is 1. The molecular weight excluding hydrogens is 454 g/mol. The van der Waals surface area contributed by atoms with Crippen LogP contribution in [0.25, 0.3) is 5.69 Å². The number of allylic oxidation sites excluding steroid dienone is 1. The fourth-order valence-electron chi connectivity index (χ4n) is 5.16. The van der Waals surface area contributed by atoms with Crippen molar-refractivity contribution in [3.63, 3.8) is 0 Å². The first-order chi connectivity index (χ1) is 17.5. The molecule has 1 saturated carbocycles. The second kappa shape index (κ2) is 10.1. The first-order valence-corrected chi connectivity index (χ1v) is 12.5. The second-order valence-corrected chi connectivity index (χ2v) is 9.64. The lowest BCUT2D eigenvalue weighted by molar-refractivity contribution is 0.0695. The Labute approximate surface area is 211 Å². The maximum atomic E-state index is 12.0. The molecule has 0 saturated heterocycles. The summed E-state index contributed by atoms with van der Waals surface area (Å²) in [5.74, 6) is 0.130. The fraction of sp³-hybridized carbons (Fsp3) is 0.357. The quantitative estimate of drug-likeness (QED) is 0.443. The number of para-hydroxylation sites is 1. The fourth-order valence-corrected chi connectivity index (χ4v) is 5.16. The Hall–Kier alpha value is -3.78. The molecule has 188 valence electrons. The zero-order valence-electron chi connectivity index (χ0n) is 20.7. The molecule has 1 fully saturated rings. The number of aromatic carboxylic acids is 1. The van der Waals surface area contributed by atoms with E-state index < -0.39 is 5.97 Å². The lowest BCUT2D eigenvalue weighted by Gasteiger charge is -2.23. The molecule has 36 heavy (non-hydrogen) atoms. The van der Waals surface area contributed by atoms with E-state index in [0.29, 0.717) is 5.69 Å². The van der Waals surface area contributed by atoms with Crippen molar-refractivity contribution < 1.29 is 14.6 Å². The van der Waals surface area contributed by atoms with E-state index in [1.165, 1.54) is 11.8 Å². The summed E-state index contributed by atoms with van der Waals surface area (Å²) in [6.07, 6.45) is 5.11. The summed E-state index contributed by atoms with van der Waals surface area (Å²) in [5, 5.41) is 17.3. The Bertz CT molecular complexity index is 1280. The van der Waals surface area contributed by atoms with Crippen LogP contribution in [0.5, 0.6) is 5.75 Å². The van der Waals surface area contributed by atoms with Gasteiger partial charge in [-0.1, -0.05) is 37.3 Å². The lowest BCUT2D eigenvalue weighted by atomic mass is 10.1. The summed E-state index contributed by atoms with van der Waals surface area (Å²) in [7, 11) is 1.81. The van der Waals surface area contributed by atoms with Gasteiger partial charge in [-0.2, -0.15) is 5.10 Å². The first kappa shape index (κ1) is 23.9. The minimum absolute atomic E-state index is 0.0245. The minimum atomic E-state index is -0.969. The van der Waals surface area contributed by atoms with Gasteiger partial charge in [0.15, 0.2) is 0 Å². The summed E-state index contributed by atoms with van der Waals surface area (Å²) < 4.78 is 8.04. The van der Waals surface area contributed by atoms with Crippen LogP contribution in [0.2, 0.25) is 0 Å². The number of nitrogens with zero attached hydrogens (tertiary/aromatic N) is 3. The van der Waals surface area contributed by atoms with E-state index in [1.54, 1.807) is 17.9 Å². The van der Waals surface area contributed by atoms with Crippen LogP contribution in [0.15, 0.2) is 66.6 Å². The third-order valence-electron chi connectivity index (χ3n) is 7.06. The Morgan fingerprint density at radius 2 is 2.11 bits per heavy atom. The molecule has 3 aromatic rings. The number of carboxylic acids is 1. The van der Waals surface area contributed by atoms with Crippen LogP contribution in [0.1, 0.15) is 52.9 Å². The molecule has 4 N–H and O–H groups in total. The number of hydrogen-bond donors (Lipinski definition) is 3. The molecule has 0 radical (unpaired) electrons. The molecule has 1 aliphatic carbocycles. The number of aromatic nitrogens is 2. The standard InChI is InChI=1S/C28H33N5O3/c1-3-21-17-32(16-19-8-4-5-10-26(19)36-21)15-18-7-6-9-20(11-18)33-27(24(13-31-33)28(34)35)23-12-22(23)25(29)14-30-2/h4-11,13-14,21-23,30H,3,12,15-17,29H2,1-2H3,(H,34,35)/b25-14-/t21-,22?,23-/m1/s1. The molecule has 8 heteroatoms. The van der Waals surface area contributed by atoms with Gasteiger partial charge in [0.2, 0.25) is 0 Å². The summed E-state index contributed by atoms with van der Waals surface area (Å²) in [4.78, 5) is 14.4. The average molecular weight is 488 g/mol. The lowest BCUT2D eigenvalue weighted by Crippen LogP contribution is -2.32. The maximum absolute atomic E-state index is 12.0. The van der Waals surface area contributed by atoms with Crippen LogP contribution < -0.4 is 15.8 Å². The van der Waals surface area contributed by atoms with E-state index in [0.717, 1.165) is 55.2 Å². The summed E-state index contributed by atoms with van der Waals surface area (Å²) in [5.41, 5.74) is 11.1. The van der Waals surface area contributed by atoms with Crippen molar-refractivity contribution in [1.29, 1.82) is 0 Å². The molecule has 2 heterocycles. The van der Waals surface area contributed by atoms with Crippen molar-refractivity contribution in [1.82, 2.24) is 20.0 Å². The van der Waals surface area contributed by atoms with Gasteiger partial charge >= 0.3 is 5.97 Å². The zero-order chi connectivity index (χ0) is 25.2. The van der Waals surface area contributed by atoms with E-state index in [4.69, 9.17) is 10.5 Å². The largest absolute Gasteiger partial charge is 0.489 e. The van der Waals surface area contributed by atoms with Crippen molar-refractivity contribution >= 4 is 5.97 Å². The van der Waals surface area contributed by atoms with Crippen molar-refractivity contribution in [3.8, 4) is 11.4 Å². The van der Waals surface area contributed by atoms with Gasteiger partial charge in [0, 0.05) is 56.0 Å². The van der Waals surface area contributed by atoms with E-state index in [1.807, 2.05) is 24.3 Å². The van der Waals surface area contributed by atoms with Gasteiger partial charge < -0.3 is 20.9 Å². The van der Waals surface area contributed by atoms with Crippen molar-refractivity contribution in [2.45, 2.75) is 44.9 Å². The third-order valence-corrected chi connectivity index (χ3v) is 7.06. The van der Waals surface area contributed by atoms with Gasteiger partial charge in [-0.15, -0.1) is 0 Å². The van der Waals surface area contributed by atoms with Crippen LogP contribution in [-0.2, 0) is 13.1 Å². The summed E-state index contributed by atoms with van der Waals surface area (Å²) in [6, 6.07) is 16.4. The Kier molecular flexibility index (Phi) is 6.69. The number of benzene rings is 2. The summed E-state index contributed by atoms with van der Waals surface area (Å²) >= 11 is 0. The molecule has 0 amide bonds. The molecular formula is C28H33N5O3. The molecule has 2 aliphatic rings. The topological polar surface area (TPSA) is 106 Å². The monoisotopic (exact) mass is 487 g/mol. The van der Waals surface area contributed by atoms with E-state index >= 15 is 0 Å². The summed E-state index contributed by atoms with van der Waals surface area (Å²) in [6.45, 7) is 4.56. The van der Waals surface area contributed by atoms with Gasteiger partial charge in [0.1, 0.15) is 17.4 Å². The second-order valence-electron chi connectivity index (χ2n) is 9.64. The molecule has 0 bridgehead atoms. The molecule has 8 nitrogen and oxygen atoms in total. The van der Waals surface area contributed by atoms with E-state index in [2.05, 4.69) is 46.5 Å². The van der Waals surface area contributed by atoms with Crippen LogP contribution >= 0.6 is 0 Å². The van der Waals surface area contributed by atoms with Gasteiger partial charge in [-0.25, -0.2) is 9.48 Å². The number of rotatable bonds is 8. The van der Waals surface area contributed by atoms with Gasteiger partial charge in [-0.05, 0) is 36.6 Å². The number of nitrogens with two attached hydrogens (primary N) is 1. The highest BCUT2D eigenvalue weighted by atomic mass is 16.5. The highest BCUT2D eigenvalue weighted by molar-refractivity contribution is 5.89. The predicted octanol–water partition coefficient (Wildman–Crippen LogP) is 3.87. The minimum Gasteiger partial charge on any atom is -0.489 e. The van der Waals surface area contributed by atoms with Gasteiger partial charge in [0.05, 0.1) is 17.6 Å². The smallest absolute Gasteiger partial charge is 0.339 e. The number of carboxylic acid groups (broad SMARTS) is 1. The number of nitrogens with one attached hydrogen (secondary N) is 1. The number of fused-ring (bicyclic) bond motifs is 1. The van der Waals surface area contributed by atoms with E-state index in [-0.39, 0.29) is 23.5 Å². The molecule has 5 rings (SSSR count). The first-order valence-electron chi connectivity index (χ1n) is 12.5. The van der Waals surface area contributed by atoms with Crippen molar-refractivity contribution in [3.05, 3.63) is 89.0 Å². The average Bonchev–Trinajstić information content (AvgIpc) is 3.58. The van der Waals surface area contributed by atoms with Crippen LogP contribution in [0.3, 0.4) is 0 Å². The highest BCUT2D eigenvalue weighted by Gasteiger charge is 2.45. The van der Waals surface area contributed by atoms with Crippen LogP contribution in [0.4, 0.5) is 0 Å². The Morgan fingerprint density at radius 3 is 2.89 bits per heavy atom. The zero-order valence-corrected chi connectivity index (χ0v) is 20.7.